The summed E-state index contributed by atoms with van der Waals surface area (Å²) in [6.07, 6.45) is 6.10. The van der Waals surface area contributed by atoms with Crippen molar-refractivity contribution < 1.29 is 0 Å². The maximum atomic E-state index is 5.76. The molecule has 2 N–H and O–H groups in total. The van der Waals surface area contributed by atoms with E-state index in [0.29, 0.717) is 12.5 Å². The van der Waals surface area contributed by atoms with E-state index >= 15 is 0 Å². The highest BCUT2D eigenvalue weighted by atomic mass is 15.1. The molecule has 1 heterocycles. The predicted molar refractivity (Wildman–Crippen MR) is 51.3 cm³/mol. The summed E-state index contributed by atoms with van der Waals surface area (Å²) in [6, 6.07) is 0. The number of aromatic nitrogens is 2. The molecular formula is C9H14N4. The van der Waals surface area contributed by atoms with Crippen molar-refractivity contribution in [1.29, 1.82) is 0 Å². The van der Waals surface area contributed by atoms with Gasteiger partial charge in [0.15, 0.2) is 0 Å². The van der Waals surface area contributed by atoms with Crippen molar-refractivity contribution in [1.82, 2.24) is 9.55 Å². The molecule has 4 heteroatoms. The minimum Gasteiger partial charge on any atom is -0.387 e. The first-order chi connectivity index (χ1) is 6.27. The van der Waals surface area contributed by atoms with Gasteiger partial charge in [0, 0.05) is 25.4 Å². The van der Waals surface area contributed by atoms with Crippen LogP contribution >= 0.6 is 0 Å². The van der Waals surface area contributed by atoms with Crippen molar-refractivity contribution in [2.24, 2.45) is 23.7 Å². The molecular weight excluding hydrogens is 164 g/mol. The first kappa shape index (κ1) is 8.29. The molecule has 70 valence electrons. The summed E-state index contributed by atoms with van der Waals surface area (Å²) in [5.41, 5.74) is 5.76. The Hall–Kier alpha value is -1.32. The predicted octanol–water partition coefficient (Wildman–Crippen LogP) is 0.687. The smallest absolute Gasteiger partial charge is 0.130 e. The Morgan fingerprint density at radius 2 is 2.54 bits per heavy atom. The summed E-state index contributed by atoms with van der Waals surface area (Å²) >= 11 is 0. The van der Waals surface area contributed by atoms with E-state index < -0.39 is 0 Å². The van der Waals surface area contributed by atoms with Gasteiger partial charge < -0.3 is 10.3 Å². The molecule has 13 heavy (non-hydrogen) atoms. The fourth-order valence-corrected chi connectivity index (χ4v) is 1.22. The van der Waals surface area contributed by atoms with E-state index in [1.165, 1.54) is 12.8 Å². The summed E-state index contributed by atoms with van der Waals surface area (Å²) in [5.74, 6) is 2.31. The second-order valence-electron chi connectivity index (χ2n) is 3.47. The second-order valence-corrected chi connectivity index (χ2v) is 3.47. The molecule has 1 aromatic heterocycles. The molecule has 0 spiro atoms. The van der Waals surface area contributed by atoms with Crippen LogP contribution in [0.15, 0.2) is 17.4 Å². The lowest BCUT2D eigenvalue weighted by Crippen LogP contribution is -2.14. The van der Waals surface area contributed by atoms with Gasteiger partial charge in [0.05, 0.1) is 12.4 Å². The van der Waals surface area contributed by atoms with Crippen LogP contribution in [-0.4, -0.2) is 15.4 Å². The number of aryl methyl sites for hydroxylation is 1. The lowest BCUT2D eigenvalue weighted by molar-refractivity contribution is 0.791. The monoisotopic (exact) mass is 178 g/mol. The fourth-order valence-electron chi connectivity index (χ4n) is 1.22. The summed E-state index contributed by atoms with van der Waals surface area (Å²) in [4.78, 5) is 8.47. The van der Waals surface area contributed by atoms with Gasteiger partial charge in [-0.3, -0.25) is 4.99 Å². The number of amidine groups is 1. The van der Waals surface area contributed by atoms with E-state index in [9.17, 15) is 0 Å². The number of hydrogen-bond donors (Lipinski definition) is 1. The quantitative estimate of drug-likeness (QED) is 0.547. The van der Waals surface area contributed by atoms with Crippen LogP contribution < -0.4 is 5.73 Å². The molecule has 0 saturated heterocycles. The van der Waals surface area contributed by atoms with Gasteiger partial charge in [-0.1, -0.05) is 0 Å². The van der Waals surface area contributed by atoms with Crippen LogP contribution in [0.25, 0.3) is 0 Å². The van der Waals surface area contributed by atoms with E-state index in [1.54, 1.807) is 6.20 Å². The molecule has 0 amide bonds. The number of imidazole rings is 1. The molecule has 0 bridgehead atoms. The lowest BCUT2D eigenvalue weighted by Gasteiger charge is -1.98. The number of hydrogen-bond acceptors (Lipinski definition) is 2. The first-order valence-corrected chi connectivity index (χ1v) is 4.53. The first-order valence-electron chi connectivity index (χ1n) is 4.53. The van der Waals surface area contributed by atoms with Crippen LogP contribution in [0.5, 0.6) is 0 Å². The van der Waals surface area contributed by atoms with Crippen LogP contribution in [0.1, 0.15) is 18.7 Å². The van der Waals surface area contributed by atoms with Gasteiger partial charge in [-0.25, -0.2) is 4.98 Å². The highest BCUT2D eigenvalue weighted by molar-refractivity contribution is 5.84. The largest absolute Gasteiger partial charge is 0.387 e. The van der Waals surface area contributed by atoms with Crippen LogP contribution in [0.3, 0.4) is 0 Å². The molecule has 1 saturated carbocycles. The third kappa shape index (κ3) is 1.88. The van der Waals surface area contributed by atoms with Crippen LogP contribution in [-0.2, 0) is 13.6 Å². The number of nitrogens with two attached hydrogens (primary N) is 1. The van der Waals surface area contributed by atoms with Crippen molar-refractivity contribution in [3.8, 4) is 0 Å². The zero-order valence-corrected chi connectivity index (χ0v) is 7.77. The normalized spacial score (nSPS) is 17.8. The average Bonchev–Trinajstić information content (AvgIpc) is 2.88. The van der Waals surface area contributed by atoms with Gasteiger partial charge in [-0.15, -0.1) is 0 Å². The molecule has 0 unspecified atom stereocenters. The standard InChI is InChI=1S/C9H14N4/c1-13-5-4-11-8(13)6-12-9(10)7-2-3-7/h4-5,7H,2-3,6H2,1H3,(H2,10,12). The van der Waals surface area contributed by atoms with Crippen molar-refractivity contribution in [2.45, 2.75) is 19.4 Å². The van der Waals surface area contributed by atoms with Crippen molar-refractivity contribution in [3.05, 3.63) is 18.2 Å². The minimum atomic E-state index is 0.556. The van der Waals surface area contributed by atoms with E-state index in [4.69, 9.17) is 5.73 Å². The van der Waals surface area contributed by atoms with Gasteiger partial charge in [-0.2, -0.15) is 0 Å². The molecule has 0 aliphatic heterocycles. The molecule has 1 aliphatic carbocycles. The Bertz CT molecular complexity index is 322. The molecule has 1 fully saturated rings. The molecule has 0 aromatic carbocycles. The fraction of sp³-hybridized carbons (Fsp3) is 0.556. The zero-order valence-electron chi connectivity index (χ0n) is 7.77. The van der Waals surface area contributed by atoms with Crippen LogP contribution in [0.2, 0.25) is 0 Å². The average molecular weight is 178 g/mol. The topological polar surface area (TPSA) is 56.2 Å². The summed E-state index contributed by atoms with van der Waals surface area (Å²) in [6.45, 7) is 0.603. The Labute approximate surface area is 77.5 Å². The second kappa shape index (κ2) is 3.20. The maximum absolute atomic E-state index is 5.76. The van der Waals surface area contributed by atoms with E-state index in [0.717, 1.165) is 11.7 Å². The molecule has 4 nitrogen and oxygen atoms in total. The Morgan fingerprint density at radius 1 is 1.77 bits per heavy atom. The van der Waals surface area contributed by atoms with E-state index in [1.807, 2.05) is 17.8 Å². The Morgan fingerprint density at radius 3 is 3.08 bits per heavy atom. The third-order valence-corrected chi connectivity index (χ3v) is 2.32. The van der Waals surface area contributed by atoms with Crippen LogP contribution in [0.4, 0.5) is 0 Å². The van der Waals surface area contributed by atoms with Gasteiger partial charge in [0.1, 0.15) is 5.82 Å². The molecule has 2 rings (SSSR count). The number of nitrogens with zero attached hydrogens (tertiary/aromatic N) is 3. The van der Waals surface area contributed by atoms with Gasteiger partial charge in [0.2, 0.25) is 0 Å². The molecule has 0 radical (unpaired) electrons. The van der Waals surface area contributed by atoms with Crippen LogP contribution in [0, 0.1) is 5.92 Å². The Balaban J connectivity index is 1.98. The highest BCUT2D eigenvalue weighted by Gasteiger charge is 2.25. The van der Waals surface area contributed by atoms with Gasteiger partial charge >= 0.3 is 0 Å². The van der Waals surface area contributed by atoms with Crippen molar-refractivity contribution >= 4 is 5.84 Å². The lowest BCUT2D eigenvalue weighted by atomic mass is 10.4. The number of rotatable bonds is 3. The molecule has 1 aliphatic rings. The zero-order chi connectivity index (χ0) is 9.26. The SMILES string of the molecule is Cn1ccnc1CN=C(N)C1CC1. The molecule has 1 aromatic rings. The maximum Gasteiger partial charge on any atom is 0.130 e. The van der Waals surface area contributed by atoms with Crippen molar-refractivity contribution in [3.63, 3.8) is 0 Å². The van der Waals surface area contributed by atoms with Gasteiger partial charge in [-0.05, 0) is 12.8 Å². The van der Waals surface area contributed by atoms with Crippen molar-refractivity contribution in [2.75, 3.05) is 0 Å². The summed E-state index contributed by atoms with van der Waals surface area (Å²) in [7, 11) is 1.96. The minimum absolute atomic E-state index is 0.556. The summed E-state index contributed by atoms with van der Waals surface area (Å²) < 4.78 is 1.96. The Kier molecular flexibility index (Phi) is 2.04. The van der Waals surface area contributed by atoms with E-state index in [2.05, 4.69) is 9.98 Å². The summed E-state index contributed by atoms with van der Waals surface area (Å²) in [5, 5.41) is 0. The third-order valence-electron chi connectivity index (χ3n) is 2.32. The van der Waals surface area contributed by atoms with E-state index in [-0.39, 0.29) is 0 Å². The number of aliphatic imine (C=N–C) groups is 1. The highest BCUT2D eigenvalue weighted by Crippen LogP contribution is 2.28. The van der Waals surface area contributed by atoms with Gasteiger partial charge in [0.25, 0.3) is 0 Å². The molecule has 0 atom stereocenters.